The molecule has 0 saturated heterocycles. The topological polar surface area (TPSA) is 54.4 Å². The molecule has 2 aromatic rings. The summed E-state index contributed by atoms with van der Waals surface area (Å²) >= 11 is 0. The molecular weight excluding hydrogens is 264 g/mol. The number of nitrogens with one attached hydrogen (secondary N) is 1. The molecule has 1 atom stereocenters. The summed E-state index contributed by atoms with van der Waals surface area (Å²) in [5, 5.41) is 15.6. The quantitative estimate of drug-likeness (QED) is 0.819. The fourth-order valence-corrected chi connectivity index (χ4v) is 2.62. The van der Waals surface area contributed by atoms with Gasteiger partial charge in [0, 0.05) is 18.1 Å². The summed E-state index contributed by atoms with van der Waals surface area (Å²) in [6.07, 6.45) is 3.38. The van der Waals surface area contributed by atoms with Crippen LogP contribution in [-0.2, 0) is 0 Å². The van der Waals surface area contributed by atoms with Gasteiger partial charge in [0.05, 0.1) is 13.2 Å². The van der Waals surface area contributed by atoms with E-state index in [-0.39, 0.29) is 6.10 Å². The van der Waals surface area contributed by atoms with E-state index in [1.54, 1.807) is 13.3 Å². The number of methoxy groups -OCH3 is 1. The molecule has 114 valence electrons. The minimum absolute atomic E-state index is 0.321. The summed E-state index contributed by atoms with van der Waals surface area (Å²) in [4.78, 5) is 4.39. The van der Waals surface area contributed by atoms with Crippen molar-refractivity contribution in [2.75, 3.05) is 19.0 Å². The third-order valence-electron chi connectivity index (χ3n) is 4.04. The Morgan fingerprint density at radius 2 is 2.00 bits per heavy atom. The van der Waals surface area contributed by atoms with E-state index in [0.717, 1.165) is 35.2 Å². The number of hydrogen-bond donors (Lipinski definition) is 2. The van der Waals surface area contributed by atoms with E-state index < -0.39 is 0 Å². The highest BCUT2D eigenvalue weighted by Crippen LogP contribution is 2.26. The molecule has 0 spiro atoms. The Morgan fingerprint density at radius 1 is 1.24 bits per heavy atom. The van der Waals surface area contributed by atoms with Crippen molar-refractivity contribution in [3.63, 3.8) is 0 Å². The fraction of sp³-hybridized carbons (Fsp3) is 0.471. The summed E-state index contributed by atoms with van der Waals surface area (Å²) in [6, 6.07) is 7.88. The number of fused-ring (bicyclic) bond motifs is 1. The van der Waals surface area contributed by atoms with Crippen molar-refractivity contribution < 1.29 is 9.84 Å². The molecule has 21 heavy (non-hydrogen) atoms. The van der Waals surface area contributed by atoms with Gasteiger partial charge in [0.25, 0.3) is 0 Å². The van der Waals surface area contributed by atoms with Crippen LogP contribution in [0.4, 0.5) is 5.82 Å². The third kappa shape index (κ3) is 3.64. The number of nitrogens with zero attached hydrogens (tertiary/aromatic N) is 1. The summed E-state index contributed by atoms with van der Waals surface area (Å²) in [7, 11) is 1.65. The fourth-order valence-electron chi connectivity index (χ4n) is 2.62. The smallest absolute Gasteiger partial charge is 0.134 e. The third-order valence-corrected chi connectivity index (χ3v) is 4.04. The number of rotatable bonds is 7. The van der Waals surface area contributed by atoms with Gasteiger partial charge in [0.1, 0.15) is 11.6 Å². The zero-order chi connectivity index (χ0) is 15.2. The molecule has 1 heterocycles. The van der Waals surface area contributed by atoms with Crippen molar-refractivity contribution in [2.24, 2.45) is 5.92 Å². The molecular formula is C17H24N2O2. The van der Waals surface area contributed by atoms with Crippen LogP contribution < -0.4 is 10.1 Å². The Hall–Kier alpha value is -1.81. The van der Waals surface area contributed by atoms with Crippen molar-refractivity contribution in [1.82, 2.24) is 4.98 Å². The normalized spacial score (nSPS) is 12.6. The van der Waals surface area contributed by atoms with Crippen molar-refractivity contribution in [2.45, 2.75) is 32.8 Å². The predicted octanol–water partition coefficient (Wildman–Crippen LogP) is 3.45. The minimum atomic E-state index is -0.359. The van der Waals surface area contributed by atoms with E-state index in [0.29, 0.717) is 12.5 Å². The van der Waals surface area contributed by atoms with Crippen LogP contribution in [0.5, 0.6) is 5.75 Å². The Kier molecular flexibility index (Phi) is 5.39. The number of ether oxygens (including phenoxy) is 1. The predicted molar refractivity (Wildman–Crippen MR) is 86.9 cm³/mol. The van der Waals surface area contributed by atoms with Gasteiger partial charge in [0.15, 0.2) is 0 Å². The van der Waals surface area contributed by atoms with E-state index in [1.807, 2.05) is 24.3 Å². The second-order valence-corrected chi connectivity index (χ2v) is 5.27. The molecule has 0 radical (unpaired) electrons. The van der Waals surface area contributed by atoms with Gasteiger partial charge in [0.2, 0.25) is 0 Å². The maximum absolute atomic E-state index is 10.2. The Labute approximate surface area is 126 Å². The lowest BCUT2D eigenvalue weighted by Crippen LogP contribution is -2.28. The first-order chi connectivity index (χ1) is 10.2. The maximum atomic E-state index is 10.2. The number of pyridine rings is 1. The lowest BCUT2D eigenvalue weighted by molar-refractivity contribution is 0.114. The highest BCUT2D eigenvalue weighted by atomic mass is 16.5. The highest BCUT2D eigenvalue weighted by Gasteiger charge is 2.15. The van der Waals surface area contributed by atoms with Gasteiger partial charge in [-0.15, -0.1) is 0 Å². The van der Waals surface area contributed by atoms with Crippen molar-refractivity contribution in [3.05, 3.63) is 30.5 Å². The summed E-state index contributed by atoms with van der Waals surface area (Å²) in [5.74, 6) is 1.91. The Bertz CT molecular complexity index is 582. The van der Waals surface area contributed by atoms with Crippen molar-refractivity contribution in [3.8, 4) is 5.75 Å². The highest BCUT2D eigenvalue weighted by molar-refractivity contribution is 5.92. The van der Waals surface area contributed by atoms with Crippen LogP contribution in [0.1, 0.15) is 26.7 Å². The number of benzene rings is 1. The number of anilines is 1. The second-order valence-electron chi connectivity index (χ2n) is 5.27. The largest absolute Gasteiger partial charge is 0.497 e. The number of aliphatic hydroxyl groups is 1. The first-order valence-electron chi connectivity index (χ1n) is 7.54. The Balaban J connectivity index is 2.18. The van der Waals surface area contributed by atoms with Crippen LogP contribution in [0.15, 0.2) is 30.5 Å². The maximum Gasteiger partial charge on any atom is 0.134 e. The lowest BCUT2D eigenvalue weighted by Gasteiger charge is -2.21. The van der Waals surface area contributed by atoms with Crippen molar-refractivity contribution in [1.29, 1.82) is 0 Å². The summed E-state index contributed by atoms with van der Waals surface area (Å²) in [5.41, 5.74) is 0. The molecule has 1 unspecified atom stereocenters. The van der Waals surface area contributed by atoms with Gasteiger partial charge in [-0.2, -0.15) is 0 Å². The number of aliphatic hydroxyl groups excluding tert-OH is 1. The molecule has 4 nitrogen and oxygen atoms in total. The van der Waals surface area contributed by atoms with Crippen LogP contribution in [-0.4, -0.2) is 29.8 Å². The average Bonchev–Trinajstić information content (AvgIpc) is 2.53. The Morgan fingerprint density at radius 3 is 2.67 bits per heavy atom. The lowest BCUT2D eigenvalue weighted by atomic mass is 9.96. The van der Waals surface area contributed by atoms with Gasteiger partial charge in [-0.25, -0.2) is 4.98 Å². The molecule has 0 aliphatic carbocycles. The van der Waals surface area contributed by atoms with Crippen LogP contribution in [0.3, 0.4) is 0 Å². The van der Waals surface area contributed by atoms with E-state index in [1.165, 1.54) is 0 Å². The standard InChI is InChI=1S/C17H24N2O2/c1-4-12(5-2)16(20)11-19-17-15-10-14(21-3)7-6-13(15)8-9-18-17/h6-10,12,16,20H,4-5,11H2,1-3H3,(H,18,19). The molecule has 0 bridgehead atoms. The van der Waals surface area contributed by atoms with Gasteiger partial charge >= 0.3 is 0 Å². The van der Waals surface area contributed by atoms with E-state index in [9.17, 15) is 5.11 Å². The van der Waals surface area contributed by atoms with Gasteiger partial charge in [-0.05, 0) is 29.5 Å². The number of hydrogen-bond acceptors (Lipinski definition) is 4. The van der Waals surface area contributed by atoms with Gasteiger partial charge in [-0.1, -0.05) is 32.8 Å². The van der Waals surface area contributed by atoms with Crippen LogP contribution >= 0.6 is 0 Å². The van der Waals surface area contributed by atoms with Crippen molar-refractivity contribution >= 4 is 16.6 Å². The first-order valence-corrected chi connectivity index (χ1v) is 7.54. The molecule has 0 fully saturated rings. The molecule has 2 rings (SSSR count). The van der Waals surface area contributed by atoms with E-state index in [4.69, 9.17) is 4.74 Å². The zero-order valence-electron chi connectivity index (χ0n) is 13.0. The SMILES string of the molecule is CCC(CC)C(O)CNc1nccc2ccc(OC)cc12. The number of aromatic nitrogens is 1. The van der Waals surface area contributed by atoms with E-state index >= 15 is 0 Å². The van der Waals surface area contributed by atoms with Crippen LogP contribution in [0, 0.1) is 5.92 Å². The molecule has 0 amide bonds. The molecule has 0 aliphatic rings. The summed E-state index contributed by atoms with van der Waals surface area (Å²) < 4.78 is 5.27. The summed E-state index contributed by atoms with van der Waals surface area (Å²) in [6.45, 7) is 4.73. The molecule has 0 saturated carbocycles. The first kappa shape index (κ1) is 15.6. The average molecular weight is 288 g/mol. The monoisotopic (exact) mass is 288 g/mol. The van der Waals surface area contributed by atoms with Crippen LogP contribution in [0.2, 0.25) is 0 Å². The second kappa shape index (κ2) is 7.27. The van der Waals surface area contributed by atoms with Gasteiger partial charge < -0.3 is 15.2 Å². The molecule has 0 aliphatic heterocycles. The molecule has 1 aromatic carbocycles. The van der Waals surface area contributed by atoms with Crippen LogP contribution in [0.25, 0.3) is 10.8 Å². The molecule has 4 heteroatoms. The van der Waals surface area contributed by atoms with E-state index in [2.05, 4.69) is 24.1 Å². The zero-order valence-corrected chi connectivity index (χ0v) is 13.0. The molecule has 2 N–H and O–H groups in total. The minimum Gasteiger partial charge on any atom is -0.497 e. The molecule has 1 aromatic heterocycles. The van der Waals surface area contributed by atoms with Gasteiger partial charge in [-0.3, -0.25) is 0 Å².